The van der Waals surface area contributed by atoms with Crippen molar-refractivity contribution >= 4 is 0 Å². The molecule has 1 rings (SSSR count). The minimum atomic E-state index is 0.621. The quantitative estimate of drug-likeness (QED) is 0.0985. The summed E-state index contributed by atoms with van der Waals surface area (Å²) in [6.45, 7) is 9.43. The van der Waals surface area contributed by atoms with Gasteiger partial charge in [-0.2, -0.15) is 0 Å². The van der Waals surface area contributed by atoms with Gasteiger partial charge in [0.1, 0.15) is 12.4 Å². The maximum Gasteiger partial charge on any atom is 0.257 e. The van der Waals surface area contributed by atoms with E-state index in [0.29, 0.717) is 12.0 Å². The van der Waals surface area contributed by atoms with Crippen LogP contribution < -0.4 is 4.57 Å². The van der Waals surface area contributed by atoms with Gasteiger partial charge < -0.3 is 0 Å². The van der Waals surface area contributed by atoms with E-state index in [1.54, 1.807) is 0 Å². The van der Waals surface area contributed by atoms with Crippen LogP contribution >= 0.6 is 0 Å². The second kappa shape index (κ2) is 23.6. The average molecular weight is 490 g/mol. The summed E-state index contributed by atoms with van der Waals surface area (Å²) in [6, 6.07) is 0.621. The Morgan fingerprint density at radius 1 is 0.543 bits per heavy atom. The van der Waals surface area contributed by atoms with Gasteiger partial charge in [0, 0.05) is 0 Å². The van der Waals surface area contributed by atoms with Gasteiger partial charge in [-0.1, -0.05) is 156 Å². The highest BCUT2D eigenvalue weighted by Gasteiger charge is 2.22. The third-order valence-corrected chi connectivity index (χ3v) is 8.15. The molecule has 0 radical (unpaired) electrons. The molecule has 2 unspecified atom stereocenters. The van der Waals surface area contributed by atoms with Crippen molar-refractivity contribution in [3.8, 4) is 0 Å². The number of hydrogen-bond donors (Lipinski definition) is 1. The zero-order valence-corrected chi connectivity index (χ0v) is 24.7. The molecule has 0 fully saturated rings. The number of rotatable bonds is 26. The molecule has 0 aliphatic heterocycles. The highest BCUT2D eigenvalue weighted by molar-refractivity contribution is 4.87. The molecule has 0 bridgehead atoms. The first kappa shape index (κ1) is 32.2. The minimum absolute atomic E-state index is 0.621. The Bertz CT molecular complexity index is 549. The number of aromatic nitrogens is 2. The normalized spacial score (nSPS) is 13.4. The molecule has 0 aromatic carbocycles. The predicted octanol–water partition coefficient (Wildman–Crippen LogP) is 11.4. The Labute approximate surface area is 221 Å². The standard InChI is InChI=1S/C33H64N2/c1-5-7-9-11-13-14-15-16-17-18-19-20-21-22-23-25-27-31(3)33-34-29-30-35(33)32(4)28-26-24-12-10-8-6-2/h29-32H,5-28H2,1-4H3/p+1. The van der Waals surface area contributed by atoms with Crippen molar-refractivity contribution < 1.29 is 4.57 Å². The zero-order chi connectivity index (χ0) is 25.4. The van der Waals surface area contributed by atoms with Crippen molar-refractivity contribution in [1.29, 1.82) is 0 Å². The van der Waals surface area contributed by atoms with E-state index in [1.807, 2.05) is 0 Å². The highest BCUT2D eigenvalue weighted by Crippen LogP contribution is 2.21. The van der Waals surface area contributed by atoms with E-state index in [4.69, 9.17) is 0 Å². The number of hydrogen-bond acceptors (Lipinski definition) is 0. The second-order valence-electron chi connectivity index (χ2n) is 11.7. The third kappa shape index (κ3) is 17.3. The smallest absolute Gasteiger partial charge is 0.247 e. The van der Waals surface area contributed by atoms with Crippen LogP contribution in [0.15, 0.2) is 12.4 Å². The molecule has 2 heteroatoms. The van der Waals surface area contributed by atoms with Gasteiger partial charge in [0.15, 0.2) is 0 Å². The molecule has 0 aliphatic rings. The van der Waals surface area contributed by atoms with E-state index in [-0.39, 0.29) is 0 Å². The SMILES string of the molecule is CCCCCCCCCCCCCCCCCCC(C)c1[nH]cc[n+]1C(C)CCCCCCCC. The van der Waals surface area contributed by atoms with Crippen molar-refractivity contribution in [3.63, 3.8) is 0 Å². The molecule has 206 valence electrons. The number of nitrogens with one attached hydrogen (secondary N) is 1. The summed E-state index contributed by atoms with van der Waals surface area (Å²) in [6.07, 6.45) is 38.6. The van der Waals surface area contributed by atoms with Crippen LogP contribution in [0.5, 0.6) is 0 Å². The molecule has 0 saturated heterocycles. The molecule has 0 amide bonds. The number of aromatic amines is 1. The van der Waals surface area contributed by atoms with E-state index in [0.717, 1.165) is 0 Å². The molecular formula is C33H65N2+. The first-order valence-corrected chi connectivity index (χ1v) is 16.3. The second-order valence-corrected chi connectivity index (χ2v) is 11.7. The topological polar surface area (TPSA) is 19.7 Å². The Morgan fingerprint density at radius 2 is 0.914 bits per heavy atom. The molecule has 2 nitrogen and oxygen atoms in total. The summed E-state index contributed by atoms with van der Waals surface area (Å²) >= 11 is 0. The monoisotopic (exact) mass is 490 g/mol. The maximum atomic E-state index is 3.57. The molecule has 0 spiro atoms. The van der Waals surface area contributed by atoms with Crippen LogP contribution in [0.4, 0.5) is 0 Å². The summed E-state index contributed by atoms with van der Waals surface area (Å²) in [7, 11) is 0. The van der Waals surface area contributed by atoms with E-state index < -0.39 is 0 Å². The van der Waals surface area contributed by atoms with Gasteiger partial charge in [0.2, 0.25) is 0 Å². The largest absolute Gasteiger partial charge is 0.257 e. The molecular weight excluding hydrogens is 424 g/mol. The average Bonchev–Trinajstić information content (AvgIpc) is 3.36. The molecule has 0 saturated carbocycles. The van der Waals surface area contributed by atoms with Gasteiger partial charge >= 0.3 is 0 Å². The summed E-state index contributed by atoms with van der Waals surface area (Å²) in [5.74, 6) is 2.09. The van der Waals surface area contributed by atoms with Crippen molar-refractivity contribution in [2.45, 2.75) is 194 Å². The minimum Gasteiger partial charge on any atom is -0.247 e. The number of H-pyrrole nitrogens is 1. The fraction of sp³-hybridized carbons (Fsp3) is 0.909. The Balaban J connectivity index is 1.99. The van der Waals surface area contributed by atoms with Crippen molar-refractivity contribution in [1.82, 2.24) is 4.98 Å². The van der Waals surface area contributed by atoms with Gasteiger partial charge in [0.25, 0.3) is 5.82 Å². The molecule has 0 aliphatic carbocycles. The molecule has 1 aromatic heterocycles. The lowest BCUT2D eigenvalue weighted by molar-refractivity contribution is -0.727. The van der Waals surface area contributed by atoms with Crippen LogP contribution in [0.1, 0.15) is 200 Å². The molecule has 2 atom stereocenters. The fourth-order valence-corrected chi connectivity index (χ4v) is 5.63. The van der Waals surface area contributed by atoms with Gasteiger partial charge in [0.05, 0.1) is 12.0 Å². The van der Waals surface area contributed by atoms with E-state index in [1.165, 1.54) is 160 Å². The molecule has 1 heterocycles. The van der Waals surface area contributed by atoms with Crippen LogP contribution in [-0.4, -0.2) is 4.98 Å². The lowest BCUT2D eigenvalue weighted by atomic mass is 9.99. The van der Waals surface area contributed by atoms with Gasteiger partial charge in [-0.15, -0.1) is 0 Å². The van der Waals surface area contributed by atoms with Crippen LogP contribution in [-0.2, 0) is 0 Å². The Kier molecular flexibility index (Phi) is 21.7. The van der Waals surface area contributed by atoms with Crippen LogP contribution in [0, 0.1) is 0 Å². The van der Waals surface area contributed by atoms with E-state index in [2.05, 4.69) is 49.6 Å². The highest BCUT2D eigenvalue weighted by atomic mass is 15.1. The van der Waals surface area contributed by atoms with Crippen molar-refractivity contribution in [2.75, 3.05) is 0 Å². The molecule has 1 N–H and O–H groups in total. The summed E-state index contributed by atoms with van der Waals surface area (Å²) in [4.78, 5) is 3.57. The lowest BCUT2D eigenvalue weighted by Crippen LogP contribution is -2.40. The first-order chi connectivity index (χ1) is 17.2. The van der Waals surface area contributed by atoms with Crippen LogP contribution in [0.25, 0.3) is 0 Å². The van der Waals surface area contributed by atoms with Gasteiger partial charge in [-0.05, 0) is 26.2 Å². The van der Waals surface area contributed by atoms with E-state index >= 15 is 0 Å². The summed E-state index contributed by atoms with van der Waals surface area (Å²) < 4.78 is 2.53. The van der Waals surface area contributed by atoms with E-state index in [9.17, 15) is 0 Å². The van der Waals surface area contributed by atoms with Crippen molar-refractivity contribution in [2.24, 2.45) is 0 Å². The van der Waals surface area contributed by atoms with Gasteiger partial charge in [-0.3, -0.25) is 0 Å². The lowest BCUT2D eigenvalue weighted by Gasteiger charge is -2.14. The van der Waals surface area contributed by atoms with Gasteiger partial charge in [-0.25, -0.2) is 9.55 Å². The predicted molar refractivity (Wildman–Crippen MR) is 156 cm³/mol. The zero-order valence-electron chi connectivity index (χ0n) is 24.7. The summed E-state index contributed by atoms with van der Waals surface area (Å²) in [5.41, 5.74) is 0. The third-order valence-electron chi connectivity index (χ3n) is 8.15. The first-order valence-electron chi connectivity index (χ1n) is 16.3. The molecule has 1 aromatic rings. The Hall–Kier alpha value is -0.790. The Morgan fingerprint density at radius 3 is 1.34 bits per heavy atom. The summed E-state index contributed by atoms with van der Waals surface area (Å²) in [5, 5.41) is 0. The fourth-order valence-electron chi connectivity index (χ4n) is 5.63. The number of nitrogens with zero attached hydrogens (tertiary/aromatic N) is 1. The van der Waals surface area contributed by atoms with Crippen molar-refractivity contribution in [3.05, 3.63) is 18.2 Å². The van der Waals surface area contributed by atoms with Crippen LogP contribution in [0.2, 0.25) is 0 Å². The maximum absolute atomic E-state index is 3.57. The van der Waals surface area contributed by atoms with Crippen LogP contribution in [0.3, 0.4) is 0 Å². The number of unbranched alkanes of at least 4 members (excludes halogenated alkanes) is 20. The molecule has 35 heavy (non-hydrogen) atoms. The number of imidazole rings is 1.